The number of rotatable bonds is 10. The van der Waals surface area contributed by atoms with E-state index in [0.29, 0.717) is 0 Å². The Morgan fingerprint density at radius 1 is 0.526 bits per heavy atom. The van der Waals surface area contributed by atoms with E-state index in [4.69, 9.17) is 9.47 Å². The molecule has 1 saturated carbocycles. The Hall–Kier alpha value is -3.60. The molecule has 0 bridgehead atoms. The van der Waals surface area contributed by atoms with Crippen LogP contribution in [0.3, 0.4) is 0 Å². The number of para-hydroxylation sites is 2. The second-order valence-corrected chi connectivity index (χ2v) is 9.88. The fourth-order valence-electron chi connectivity index (χ4n) is 5.96. The third-order valence-corrected chi connectivity index (χ3v) is 7.61. The van der Waals surface area contributed by atoms with Gasteiger partial charge in [0, 0.05) is 27.7 Å². The van der Waals surface area contributed by atoms with Crippen LogP contribution < -0.4 is 9.47 Å². The summed E-state index contributed by atoms with van der Waals surface area (Å²) < 4.78 is 12.8. The fourth-order valence-corrected chi connectivity index (χ4v) is 5.96. The zero-order valence-electron chi connectivity index (χ0n) is 21.8. The van der Waals surface area contributed by atoms with Gasteiger partial charge in [-0.15, -0.1) is 0 Å². The molecule has 0 unspecified atom stereocenters. The maximum Gasteiger partial charge on any atom is 0.131 e. The van der Waals surface area contributed by atoms with Crippen molar-refractivity contribution < 1.29 is 19.7 Å². The predicted octanol–water partition coefficient (Wildman–Crippen LogP) is 7.01. The van der Waals surface area contributed by atoms with Gasteiger partial charge in [-0.25, -0.2) is 0 Å². The summed E-state index contributed by atoms with van der Waals surface area (Å²) in [4.78, 5) is 0. The summed E-state index contributed by atoms with van der Waals surface area (Å²) in [6.07, 6.45) is 5.33. The quantitative estimate of drug-likeness (QED) is 0.242. The molecule has 0 radical (unpaired) electrons. The number of aliphatic hydroxyl groups is 2. The molecule has 1 aliphatic rings. The molecule has 0 spiro atoms. The van der Waals surface area contributed by atoms with E-state index in [2.05, 4.69) is 60.7 Å². The van der Waals surface area contributed by atoms with Crippen molar-refractivity contribution >= 4 is 0 Å². The lowest BCUT2D eigenvalue weighted by Crippen LogP contribution is -2.32. The summed E-state index contributed by atoms with van der Waals surface area (Å²) in [5.74, 6) is 1.65. The lowest BCUT2D eigenvalue weighted by atomic mass is 9.64. The van der Waals surface area contributed by atoms with E-state index in [1.807, 2.05) is 36.4 Å². The Labute approximate surface area is 225 Å². The first-order valence-corrected chi connectivity index (χ1v) is 13.6. The van der Waals surface area contributed by atoms with Gasteiger partial charge < -0.3 is 19.7 Å². The first-order chi connectivity index (χ1) is 18.8. The van der Waals surface area contributed by atoms with E-state index in [-0.39, 0.29) is 31.8 Å². The Morgan fingerprint density at radius 3 is 1.39 bits per heavy atom. The minimum absolute atomic E-state index is 0.0517. The summed E-state index contributed by atoms with van der Waals surface area (Å²) in [6, 6.07) is 33.4. The average Bonchev–Trinajstić information content (AvgIpc) is 3.00. The fraction of sp³-hybridized carbons (Fsp3) is 0.294. The van der Waals surface area contributed by atoms with Crippen molar-refractivity contribution in [2.45, 2.75) is 37.5 Å². The van der Waals surface area contributed by atoms with E-state index in [1.165, 1.54) is 6.42 Å². The Balaban J connectivity index is 1.76. The number of hydrogen-bond acceptors (Lipinski definition) is 4. The Morgan fingerprint density at radius 2 is 0.974 bits per heavy atom. The van der Waals surface area contributed by atoms with Crippen molar-refractivity contribution in [3.63, 3.8) is 0 Å². The minimum atomic E-state index is -0.330. The van der Waals surface area contributed by atoms with Crippen LogP contribution in [0.5, 0.6) is 11.5 Å². The molecular formula is C34H36O4. The maximum atomic E-state index is 9.71. The molecular weight excluding hydrogens is 472 g/mol. The number of aliphatic hydroxyl groups excluding tert-OH is 2. The molecule has 4 heteroatoms. The first kappa shape index (κ1) is 26.0. The molecule has 0 aliphatic heterocycles. The summed E-state index contributed by atoms with van der Waals surface area (Å²) in [5, 5.41) is 19.4. The van der Waals surface area contributed by atoms with Crippen LogP contribution in [0.25, 0.3) is 22.3 Å². The zero-order chi connectivity index (χ0) is 26.2. The Kier molecular flexibility index (Phi) is 8.42. The first-order valence-electron chi connectivity index (χ1n) is 13.6. The third-order valence-electron chi connectivity index (χ3n) is 7.61. The highest BCUT2D eigenvalue weighted by Crippen LogP contribution is 2.54. The van der Waals surface area contributed by atoms with Crippen LogP contribution in [0.2, 0.25) is 0 Å². The number of hydrogen-bond donors (Lipinski definition) is 2. The van der Waals surface area contributed by atoms with Gasteiger partial charge >= 0.3 is 0 Å². The van der Waals surface area contributed by atoms with Gasteiger partial charge in [-0.05, 0) is 24.0 Å². The molecule has 0 heterocycles. The van der Waals surface area contributed by atoms with E-state index in [9.17, 15) is 10.2 Å². The second kappa shape index (κ2) is 12.3. The predicted molar refractivity (Wildman–Crippen MR) is 153 cm³/mol. The van der Waals surface area contributed by atoms with Gasteiger partial charge in [-0.2, -0.15) is 0 Å². The Bertz CT molecular complexity index is 1210. The normalized spacial score (nSPS) is 14.7. The van der Waals surface area contributed by atoms with E-state index in [0.717, 1.165) is 70.6 Å². The molecule has 4 aromatic rings. The van der Waals surface area contributed by atoms with Gasteiger partial charge in [0.15, 0.2) is 0 Å². The van der Waals surface area contributed by atoms with Crippen molar-refractivity contribution in [2.75, 3.05) is 26.4 Å². The second-order valence-electron chi connectivity index (χ2n) is 9.88. The smallest absolute Gasteiger partial charge is 0.131 e. The largest absolute Gasteiger partial charge is 0.490 e. The van der Waals surface area contributed by atoms with Crippen LogP contribution in [0.1, 0.15) is 43.2 Å². The van der Waals surface area contributed by atoms with Gasteiger partial charge in [0.05, 0.1) is 13.2 Å². The van der Waals surface area contributed by atoms with Crippen LogP contribution in [-0.2, 0) is 5.41 Å². The van der Waals surface area contributed by atoms with Crippen molar-refractivity contribution in [3.05, 3.63) is 108 Å². The molecule has 196 valence electrons. The minimum Gasteiger partial charge on any atom is -0.490 e. The molecule has 0 aromatic heterocycles. The van der Waals surface area contributed by atoms with Crippen LogP contribution >= 0.6 is 0 Å². The topological polar surface area (TPSA) is 58.9 Å². The SMILES string of the molecule is OCCOc1c(-c2ccccc2)cccc1C1(c2cccc(-c3ccccc3)c2OCCO)CCCCC1. The molecule has 0 amide bonds. The zero-order valence-corrected chi connectivity index (χ0v) is 21.8. The van der Waals surface area contributed by atoms with Crippen molar-refractivity contribution in [2.24, 2.45) is 0 Å². The summed E-state index contributed by atoms with van der Waals surface area (Å²) in [6.45, 7) is 0.351. The molecule has 1 aliphatic carbocycles. The molecule has 1 fully saturated rings. The summed E-state index contributed by atoms with van der Waals surface area (Å²) >= 11 is 0. The maximum absolute atomic E-state index is 9.71. The third kappa shape index (κ3) is 5.20. The van der Waals surface area contributed by atoms with Crippen LogP contribution in [-0.4, -0.2) is 36.6 Å². The van der Waals surface area contributed by atoms with Crippen LogP contribution in [0.15, 0.2) is 97.1 Å². The van der Waals surface area contributed by atoms with E-state index in [1.54, 1.807) is 0 Å². The average molecular weight is 509 g/mol. The lowest BCUT2D eigenvalue weighted by molar-refractivity contribution is 0.193. The van der Waals surface area contributed by atoms with Crippen molar-refractivity contribution in [1.29, 1.82) is 0 Å². The molecule has 4 aromatic carbocycles. The summed E-state index contributed by atoms with van der Waals surface area (Å²) in [5.41, 5.74) is 6.16. The van der Waals surface area contributed by atoms with Gasteiger partial charge in [0.25, 0.3) is 0 Å². The van der Waals surface area contributed by atoms with Gasteiger partial charge in [-0.3, -0.25) is 0 Å². The van der Waals surface area contributed by atoms with Gasteiger partial charge in [0.1, 0.15) is 24.7 Å². The lowest BCUT2D eigenvalue weighted by Gasteiger charge is -2.41. The monoisotopic (exact) mass is 508 g/mol. The van der Waals surface area contributed by atoms with Crippen LogP contribution in [0, 0.1) is 0 Å². The summed E-state index contributed by atoms with van der Waals surface area (Å²) in [7, 11) is 0. The van der Waals surface area contributed by atoms with Gasteiger partial charge in [-0.1, -0.05) is 116 Å². The van der Waals surface area contributed by atoms with Crippen molar-refractivity contribution in [1.82, 2.24) is 0 Å². The molecule has 0 saturated heterocycles. The molecule has 38 heavy (non-hydrogen) atoms. The number of benzene rings is 4. The molecule has 4 nitrogen and oxygen atoms in total. The highest BCUT2D eigenvalue weighted by atomic mass is 16.5. The van der Waals surface area contributed by atoms with Crippen LogP contribution in [0.4, 0.5) is 0 Å². The molecule has 0 atom stereocenters. The number of ether oxygens (including phenoxy) is 2. The highest BCUT2D eigenvalue weighted by molar-refractivity contribution is 5.77. The standard InChI is InChI=1S/C34H36O4/c35-22-24-37-32-28(26-12-4-1-5-13-26)16-10-18-30(32)34(20-8-3-9-21-34)31-19-11-17-29(33(31)38-25-23-36)27-14-6-2-7-15-27/h1-2,4-7,10-19,35-36H,3,8-9,20-25H2. The van der Waals surface area contributed by atoms with Gasteiger partial charge in [0.2, 0.25) is 0 Å². The highest BCUT2D eigenvalue weighted by Gasteiger charge is 2.41. The van der Waals surface area contributed by atoms with Crippen molar-refractivity contribution in [3.8, 4) is 33.8 Å². The van der Waals surface area contributed by atoms with E-state index < -0.39 is 0 Å². The molecule has 2 N–H and O–H groups in total. The molecule has 5 rings (SSSR count). The van der Waals surface area contributed by atoms with E-state index >= 15 is 0 Å².